The fraction of sp³-hybridized carbons (Fsp3) is 1.00. The van der Waals surface area contributed by atoms with Gasteiger partial charge in [0.15, 0.2) is 0 Å². The molecule has 0 atom stereocenters. The van der Waals surface area contributed by atoms with E-state index in [0.29, 0.717) is 6.04 Å². The minimum absolute atomic E-state index is 0.626. The van der Waals surface area contributed by atoms with E-state index in [2.05, 4.69) is 37.9 Å². The molecule has 0 saturated heterocycles. The quantitative estimate of drug-likeness (QED) is 0.575. The van der Waals surface area contributed by atoms with Crippen molar-refractivity contribution < 1.29 is 0 Å². The van der Waals surface area contributed by atoms with Crippen molar-refractivity contribution in [3.05, 3.63) is 0 Å². The van der Waals surface area contributed by atoms with Gasteiger partial charge in [-0.05, 0) is 39.0 Å². The number of unbranched alkanes of at least 4 members (excludes halogenated alkanes) is 1. The van der Waals surface area contributed by atoms with Crippen LogP contribution in [-0.2, 0) is 0 Å². The zero-order chi connectivity index (χ0) is 10.8. The average Bonchev–Trinajstić information content (AvgIpc) is 2.16. The summed E-state index contributed by atoms with van der Waals surface area (Å²) in [6.45, 7) is 13.8. The largest absolute Gasteiger partial charge is 0.314 e. The average molecular weight is 200 g/mol. The molecule has 0 radical (unpaired) electrons. The zero-order valence-electron chi connectivity index (χ0n) is 10.5. The van der Waals surface area contributed by atoms with E-state index < -0.39 is 0 Å². The van der Waals surface area contributed by atoms with Gasteiger partial charge in [0.1, 0.15) is 0 Å². The van der Waals surface area contributed by atoms with Crippen molar-refractivity contribution >= 4 is 0 Å². The highest BCUT2D eigenvalue weighted by Crippen LogP contribution is 1.96. The van der Waals surface area contributed by atoms with Crippen molar-refractivity contribution in [3.63, 3.8) is 0 Å². The second kappa shape index (κ2) is 9.47. The highest BCUT2D eigenvalue weighted by atomic mass is 15.1. The first-order chi connectivity index (χ1) is 6.70. The molecule has 0 spiro atoms. The van der Waals surface area contributed by atoms with Gasteiger partial charge in [-0.2, -0.15) is 0 Å². The molecule has 1 N–H and O–H groups in total. The van der Waals surface area contributed by atoms with Gasteiger partial charge in [-0.15, -0.1) is 0 Å². The molecule has 2 nitrogen and oxygen atoms in total. The van der Waals surface area contributed by atoms with Gasteiger partial charge in [-0.3, -0.25) is 0 Å². The minimum Gasteiger partial charge on any atom is -0.314 e. The van der Waals surface area contributed by atoms with Crippen molar-refractivity contribution in [1.82, 2.24) is 10.2 Å². The Morgan fingerprint density at radius 3 is 2.21 bits per heavy atom. The Labute approximate surface area is 90.1 Å². The predicted octanol–water partition coefficient (Wildman–Crippen LogP) is 2.50. The molecule has 0 aromatic carbocycles. The summed E-state index contributed by atoms with van der Waals surface area (Å²) >= 11 is 0. The molecule has 0 aromatic heterocycles. The predicted molar refractivity (Wildman–Crippen MR) is 64.8 cm³/mol. The maximum absolute atomic E-state index is 3.45. The van der Waals surface area contributed by atoms with Crippen LogP contribution in [0.25, 0.3) is 0 Å². The maximum atomic E-state index is 3.45. The van der Waals surface area contributed by atoms with Crippen LogP contribution >= 0.6 is 0 Å². The second-order valence-electron chi connectivity index (χ2n) is 4.25. The maximum Gasteiger partial charge on any atom is 0.00103 e. The summed E-state index contributed by atoms with van der Waals surface area (Å²) in [5, 5.41) is 3.45. The number of rotatable bonds is 9. The van der Waals surface area contributed by atoms with Crippen molar-refractivity contribution in [3.8, 4) is 0 Å². The van der Waals surface area contributed by atoms with Crippen molar-refractivity contribution in [2.75, 3.05) is 26.2 Å². The van der Waals surface area contributed by atoms with E-state index in [9.17, 15) is 0 Å². The second-order valence-corrected chi connectivity index (χ2v) is 4.25. The minimum atomic E-state index is 0.626. The van der Waals surface area contributed by atoms with Gasteiger partial charge in [-0.1, -0.05) is 34.1 Å². The van der Waals surface area contributed by atoms with Gasteiger partial charge < -0.3 is 10.2 Å². The summed E-state index contributed by atoms with van der Waals surface area (Å²) in [5.74, 6) is 0. The third-order valence-electron chi connectivity index (χ3n) is 2.48. The molecule has 0 amide bonds. The highest BCUT2D eigenvalue weighted by molar-refractivity contribution is 4.58. The van der Waals surface area contributed by atoms with Crippen LogP contribution in [0.3, 0.4) is 0 Å². The smallest absolute Gasteiger partial charge is 0.00103 e. The van der Waals surface area contributed by atoms with Crippen molar-refractivity contribution in [1.29, 1.82) is 0 Å². The Bertz CT molecular complexity index is 113. The molecule has 14 heavy (non-hydrogen) atoms. The number of hydrogen-bond donors (Lipinski definition) is 1. The van der Waals surface area contributed by atoms with Crippen LogP contribution in [0.15, 0.2) is 0 Å². The van der Waals surface area contributed by atoms with Crippen LogP contribution in [-0.4, -0.2) is 37.1 Å². The van der Waals surface area contributed by atoms with E-state index in [1.807, 2.05) is 0 Å². The van der Waals surface area contributed by atoms with E-state index in [0.717, 1.165) is 6.54 Å². The van der Waals surface area contributed by atoms with Crippen LogP contribution in [0, 0.1) is 0 Å². The van der Waals surface area contributed by atoms with Crippen molar-refractivity contribution in [2.45, 2.75) is 53.0 Å². The lowest BCUT2D eigenvalue weighted by Crippen LogP contribution is -2.30. The Morgan fingerprint density at radius 2 is 1.71 bits per heavy atom. The molecule has 0 saturated carbocycles. The summed E-state index contributed by atoms with van der Waals surface area (Å²) in [7, 11) is 0. The topological polar surface area (TPSA) is 15.3 Å². The molecule has 86 valence electrons. The number of hydrogen-bond acceptors (Lipinski definition) is 2. The van der Waals surface area contributed by atoms with Gasteiger partial charge in [0.2, 0.25) is 0 Å². The van der Waals surface area contributed by atoms with E-state index >= 15 is 0 Å². The van der Waals surface area contributed by atoms with Gasteiger partial charge in [-0.25, -0.2) is 0 Å². The van der Waals surface area contributed by atoms with Crippen LogP contribution in [0.5, 0.6) is 0 Å². The van der Waals surface area contributed by atoms with Crippen molar-refractivity contribution in [2.24, 2.45) is 0 Å². The van der Waals surface area contributed by atoms with Gasteiger partial charge in [0, 0.05) is 6.04 Å². The van der Waals surface area contributed by atoms with E-state index in [4.69, 9.17) is 0 Å². The monoisotopic (exact) mass is 200 g/mol. The first-order valence-electron chi connectivity index (χ1n) is 6.16. The van der Waals surface area contributed by atoms with Crippen LogP contribution in [0.2, 0.25) is 0 Å². The van der Waals surface area contributed by atoms with Crippen LogP contribution < -0.4 is 5.32 Å². The third kappa shape index (κ3) is 8.52. The molecular weight excluding hydrogens is 172 g/mol. The van der Waals surface area contributed by atoms with Crippen LogP contribution in [0.4, 0.5) is 0 Å². The Hall–Kier alpha value is -0.0800. The van der Waals surface area contributed by atoms with E-state index in [1.165, 1.54) is 38.9 Å². The standard InChI is InChI=1S/C12H28N2/c1-5-7-10-14(6-2)11-8-9-13-12(3)4/h12-13H,5-11H2,1-4H3. The molecular formula is C12H28N2. The fourth-order valence-electron chi connectivity index (χ4n) is 1.50. The molecule has 0 heterocycles. The van der Waals surface area contributed by atoms with E-state index in [1.54, 1.807) is 0 Å². The fourth-order valence-corrected chi connectivity index (χ4v) is 1.50. The first-order valence-corrected chi connectivity index (χ1v) is 6.16. The van der Waals surface area contributed by atoms with Gasteiger partial charge >= 0.3 is 0 Å². The summed E-state index contributed by atoms with van der Waals surface area (Å²) in [6, 6.07) is 0.626. The molecule has 0 rings (SSSR count). The summed E-state index contributed by atoms with van der Waals surface area (Å²) in [4.78, 5) is 2.55. The summed E-state index contributed by atoms with van der Waals surface area (Å²) in [5.41, 5.74) is 0. The molecule has 0 unspecified atom stereocenters. The zero-order valence-corrected chi connectivity index (χ0v) is 10.5. The Kier molecular flexibility index (Phi) is 9.42. The molecule has 0 aliphatic carbocycles. The molecule has 0 fully saturated rings. The molecule has 0 aliphatic rings. The lowest BCUT2D eigenvalue weighted by atomic mass is 10.3. The van der Waals surface area contributed by atoms with E-state index in [-0.39, 0.29) is 0 Å². The highest BCUT2D eigenvalue weighted by Gasteiger charge is 2.00. The SMILES string of the molecule is CCCCN(CC)CCCNC(C)C. The molecule has 0 aliphatic heterocycles. The molecule has 0 bridgehead atoms. The molecule has 0 aromatic rings. The van der Waals surface area contributed by atoms with Gasteiger partial charge in [0.25, 0.3) is 0 Å². The number of nitrogens with one attached hydrogen (secondary N) is 1. The molecule has 2 heteroatoms. The summed E-state index contributed by atoms with van der Waals surface area (Å²) < 4.78 is 0. The normalized spacial score (nSPS) is 11.6. The Balaban J connectivity index is 3.33. The van der Waals surface area contributed by atoms with Gasteiger partial charge in [0.05, 0.1) is 0 Å². The lowest BCUT2D eigenvalue weighted by molar-refractivity contribution is 0.277. The van der Waals surface area contributed by atoms with Crippen LogP contribution in [0.1, 0.15) is 47.0 Å². The Morgan fingerprint density at radius 1 is 1.07 bits per heavy atom. The lowest BCUT2D eigenvalue weighted by Gasteiger charge is -2.20. The number of nitrogens with zero attached hydrogens (tertiary/aromatic N) is 1. The third-order valence-corrected chi connectivity index (χ3v) is 2.48. The summed E-state index contributed by atoms with van der Waals surface area (Å²) in [6.07, 6.45) is 3.92. The first kappa shape index (κ1) is 13.9.